The molecule has 0 unspecified atom stereocenters. The predicted molar refractivity (Wildman–Crippen MR) is 82.2 cm³/mol. The van der Waals surface area contributed by atoms with E-state index in [0.717, 1.165) is 0 Å². The van der Waals surface area contributed by atoms with Crippen molar-refractivity contribution in [3.8, 4) is 0 Å². The van der Waals surface area contributed by atoms with Crippen LogP contribution in [-0.2, 0) is 0 Å². The third kappa shape index (κ3) is 1.73. The number of H-pyrrole nitrogens is 5. The lowest BCUT2D eigenvalue weighted by atomic mass is 10.5. The van der Waals surface area contributed by atoms with Gasteiger partial charge in [0.25, 0.3) is 0 Å². The summed E-state index contributed by atoms with van der Waals surface area (Å²) < 4.78 is 0.674. The third-order valence-corrected chi connectivity index (χ3v) is 3.50. The van der Waals surface area contributed by atoms with Crippen molar-refractivity contribution < 1.29 is 0 Å². The molecular weight excluding hydrogens is 342 g/mol. The summed E-state index contributed by atoms with van der Waals surface area (Å²) in [5.74, 6) is 5.52. The molecule has 25 heavy (non-hydrogen) atoms. The number of nitrogens with one attached hydrogen (secondary N) is 5. The standard InChI is InChI=1S/C10H7N9O6/c11-17-4-2(13-8(23)16-4)6(21)19(10(17)25)18-5(20)1-3(15-9(18)24)14-7(22)12-1/h11H2,(H,15,24)(H2,12,14,22)(H2,13,16,23). The van der Waals surface area contributed by atoms with Crippen LogP contribution in [0.1, 0.15) is 0 Å². The Balaban J connectivity index is 2.29. The molecule has 0 saturated heterocycles. The molecular formula is C10H7N9O6. The third-order valence-electron chi connectivity index (χ3n) is 3.50. The normalized spacial score (nSPS) is 11.5. The van der Waals surface area contributed by atoms with Crippen molar-refractivity contribution in [2.24, 2.45) is 0 Å². The van der Waals surface area contributed by atoms with E-state index in [9.17, 15) is 28.8 Å². The van der Waals surface area contributed by atoms with Crippen molar-refractivity contribution in [3.05, 3.63) is 62.6 Å². The minimum absolute atomic E-state index is 0.137. The maximum absolute atomic E-state index is 12.5. The number of fused-ring (bicyclic) bond motifs is 2. The van der Waals surface area contributed by atoms with Gasteiger partial charge in [0.1, 0.15) is 5.65 Å². The highest BCUT2D eigenvalue weighted by atomic mass is 16.2. The monoisotopic (exact) mass is 349 g/mol. The summed E-state index contributed by atoms with van der Waals surface area (Å²) in [6.07, 6.45) is 0. The van der Waals surface area contributed by atoms with Crippen LogP contribution in [0.4, 0.5) is 0 Å². The summed E-state index contributed by atoms with van der Waals surface area (Å²) in [6, 6.07) is 0. The van der Waals surface area contributed by atoms with Gasteiger partial charge in [-0.15, -0.1) is 4.68 Å². The Morgan fingerprint density at radius 1 is 0.680 bits per heavy atom. The maximum atomic E-state index is 12.5. The van der Waals surface area contributed by atoms with Crippen LogP contribution >= 0.6 is 0 Å². The smallest absolute Gasteiger partial charge is 0.333 e. The molecule has 0 aliphatic rings. The molecule has 0 aliphatic carbocycles. The maximum Gasteiger partial charge on any atom is 0.371 e. The SMILES string of the molecule is Nn1c(=O)n(-n2c(=O)[nH]c3[nH]c(=O)[nH]c3c2=O)c(=O)c2[nH]c(=O)[nH]c21. The first-order valence-corrected chi connectivity index (χ1v) is 6.52. The van der Waals surface area contributed by atoms with Crippen LogP contribution in [0.25, 0.3) is 22.3 Å². The molecule has 0 radical (unpaired) electrons. The molecule has 0 aliphatic heterocycles. The van der Waals surface area contributed by atoms with E-state index in [0.29, 0.717) is 4.68 Å². The number of rotatable bonds is 1. The van der Waals surface area contributed by atoms with Gasteiger partial charge < -0.3 is 5.84 Å². The molecule has 15 heteroatoms. The van der Waals surface area contributed by atoms with Crippen molar-refractivity contribution >= 4 is 22.3 Å². The summed E-state index contributed by atoms with van der Waals surface area (Å²) in [7, 11) is 0. The van der Waals surface area contributed by atoms with Gasteiger partial charge >= 0.3 is 33.9 Å². The number of aromatic nitrogens is 8. The van der Waals surface area contributed by atoms with Gasteiger partial charge in [-0.1, -0.05) is 0 Å². The number of aromatic amines is 5. The second kappa shape index (κ2) is 4.37. The van der Waals surface area contributed by atoms with Crippen LogP contribution < -0.4 is 39.7 Å². The van der Waals surface area contributed by atoms with Gasteiger partial charge in [-0.3, -0.25) is 34.5 Å². The van der Waals surface area contributed by atoms with Crippen molar-refractivity contribution in [2.45, 2.75) is 0 Å². The molecule has 0 fully saturated rings. The number of imidazole rings is 2. The molecule has 4 aromatic heterocycles. The largest absolute Gasteiger partial charge is 0.371 e. The minimum atomic E-state index is -1.28. The quantitative estimate of drug-likeness (QED) is 0.184. The molecule has 4 heterocycles. The Morgan fingerprint density at radius 3 is 2.00 bits per heavy atom. The van der Waals surface area contributed by atoms with E-state index in [1.807, 2.05) is 0 Å². The van der Waals surface area contributed by atoms with Gasteiger partial charge in [0, 0.05) is 0 Å². The highest BCUT2D eigenvalue weighted by Gasteiger charge is 2.20. The molecule has 7 N–H and O–H groups in total. The first kappa shape index (κ1) is 14.3. The number of hydrogen-bond acceptors (Lipinski definition) is 7. The first-order chi connectivity index (χ1) is 11.8. The van der Waals surface area contributed by atoms with Gasteiger partial charge in [-0.25, -0.2) is 19.2 Å². The molecule has 4 aromatic rings. The number of nitrogens with zero attached hydrogens (tertiary/aromatic N) is 3. The fraction of sp³-hybridized carbons (Fsp3) is 0. The van der Waals surface area contributed by atoms with Crippen LogP contribution in [0, 0.1) is 0 Å². The van der Waals surface area contributed by atoms with E-state index in [1.165, 1.54) is 0 Å². The second-order valence-electron chi connectivity index (χ2n) is 4.95. The fourth-order valence-corrected chi connectivity index (χ4v) is 2.45. The van der Waals surface area contributed by atoms with Crippen LogP contribution in [0.2, 0.25) is 0 Å². The zero-order chi connectivity index (χ0) is 18.0. The molecule has 0 aromatic carbocycles. The Hall–Kier alpha value is -4.30. The summed E-state index contributed by atoms with van der Waals surface area (Å²) in [4.78, 5) is 82.7. The van der Waals surface area contributed by atoms with Crippen molar-refractivity contribution in [2.75, 3.05) is 5.84 Å². The van der Waals surface area contributed by atoms with Gasteiger partial charge in [0.2, 0.25) is 0 Å². The van der Waals surface area contributed by atoms with Crippen LogP contribution in [-0.4, -0.2) is 38.9 Å². The highest BCUT2D eigenvalue weighted by Crippen LogP contribution is 1.95. The summed E-state index contributed by atoms with van der Waals surface area (Å²) >= 11 is 0. The molecule has 0 saturated carbocycles. The molecule has 0 atom stereocenters. The van der Waals surface area contributed by atoms with Crippen LogP contribution in [0.3, 0.4) is 0 Å². The second-order valence-corrected chi connectivity index (χ2v) is 4.95. The lowest BCUT2D eigenvalue weighted by Gasteiger charge is -2.08. The summed E-state index contributed by atoms with van der Waals surface area (Å²) in [5, 5.41) is 0. The average molecular weight is 349 g/mol. The van der Waals surface area contributed by atoms with E-state index < -0.39 is 39.4 Å². The van der Waals surface area contributed by atoms with Crippen molar-refractivity contribution in [1.29, 1.82) is 0 Å². The van der Waals surface area contributed by atoms with E-state index in [1.54, 1.807) is 0 Å². The Labute approximate surface area is 130 Å². The predicted octanol–water partition coefficient (Wildman–Crippen LogP) is -4.78. The summed E-state index contributed by atoms with van der Waals surface area (Å²) in [5.41, 5.74) is -7.75. The fourth-order valence-electron chi connectivity index (χ4n) is 2.45. The lowest BCUT2D eigenvalue weighted by molar-refractivity contribution is 0.531. The number of nitrogen functional groups attached to an aromatic ring is 1. The topological polar surface area (TPSA) is 222 Å². The Kier molecular flexibility index (Phi) is 2.50. The van der Waals surface area contributed by atoms with Gasteiger partial charge in [0.15, 0.2) is 16.7 Å². The summed E-state index contributed by atoms with van der Waals surface area (Å²) in [6.45, 7) is 0. The Morgan fingerprint density at radius 2 is 1.28 bits per heavy atom. The number of nitrogens with two attached hydrogens (primary N) is 1. The van der Waals surface area contributed by atoms with E-state index >= 15 is 0 Å². The zero-order valence-electron chi connectivity index (χ0n) is 11.9. The van der Waals surface area contributed by atoms with Gasteiger partial charge in [-0.05, 0) is 0 Å². The first-order valence-electron chi connectivity index (χ1n) is 6.52. The Bertz CT molecular complexity index is 1530. The van der Waals surface area contributed by atoms with Gasteiger partial charge in [-0.2, -0.15) is 9.35 Å². The van der Waals surface area contributed by atoms with E-state index in [4.69, 9.17) is 5.84 Å². The van der Waals surface area contributed by atoms with E-state index in [-0.39, 0.29) is 26.2 Å². The van der Waals surface area contributed by atoms with Crippen molar-refractivity contribution in [3.63, 3.8) is 0 Å². The zero-order valence-corrected chi connectivity index (χ0v) is 11.9. The van der Waals surface area contributed by atoms with Crippen molar-refractivity contribution in [1.82, 2.24) is 38.9 Å². The lowest BCUT2D eigenvalue weighted by Crippen LogP contribution is -2.53. The molecule has 128 valence electrons. The van der Waals surface area contributed by atoms with Gasteiger partial charge in [0.05, 0.1) is 0 Å². The molecule has 15 nitrogen and oxygen atoms in total. The molecule has 4 rings (SSSR count). The van der Waals surface area contributed by atoms with Crippen LogP contribution in [0.15, 0.2) is 28.8 Å². The number of hydrogen-bond donors (Lipinski definition) is 6. The van der Waals surface area contributed by atoms with Crippen LogP contribution in [0.5, 0.6) is 0 Å². The van der Waals surface area contributed by atoms with E-state index in [2.05, 4.69) is 24.9 Å². The molecule has 0 amide bonds. The minimum Gasteiger partial charge on any atom is -0.333 e. The average Bonchev–Trinajstić information content (AvgIpc) is 3.11. The highest BCUT2D eigenvalue weighted by molar-refractivity contribution is 5.69. The molecule has 0 bridgehead atoms. The molecule has 0 spiro atoms.